The minimum atomic E-state index is -0.0947. The van der Waals surface area contributed by atoms with Crippen molar-refractivity contribution >= 4 is 5.91 Å². The van der Waals surface area contributed by atoms with Gasteiger partial charge < -0.3 is 5.32 Å². The fourth-order valence-corrected chi connectivity index (χ4v) is 1.86. The molecule has 0 spiro atoms. The predicted octanol–water partition coefficient (Wildman–Crippen LogP) is 2.10. The SMILES string of the molecule is C#CC1(c2cccc(C(=O)NCC)c2)CC1. The molecular formula is C14H15NO. The average molecular weight is 213 g/mol. The highest BCUT2D eigenvalue weighted by atomic mass is 16.1. The summed E-state index contributed by atoms with van der Waals surface area (Å²) >= 11 is 0. The normalized spacial score (nSPS) is 16.2. The van der Waals surface area contributed by atoms with Crippen molar-refractivity contribution in [1.82, 2.24) is 5.32 Å². The lowest BCUT2D eigenvalue weighted by Gasteiger charge is -2.09. The number of amides is 1. The zero-order valence-electron chi connectivity index (χ0n) is 9.42. The van der Waals surface area contributed by atoms with Crippen LogP contribution in [0.4, 0.5) is 0 Å². The summed E-state index contributed by atoms with van der Waals surface area (Å²) in [6.45, 7) is 2.55. The van der Waals surface area contributed by atoms with E-state index in [4.69, 9.17) is 6.42 Å². The number of carbonyl (C=O) groups is 1. The summed E-state index contributed by atoms with van der Waals surface area (Å²) in [7, 11) is 0. The van der Waals surface area contributed by atoms with Crippen molar-refractivity contribution in [2.45, 2.75) is 25.2 Å². The zero-order chi connectivity index (χ0) is 11.6. The highest BCUT2D eigenvalue weighted by molar-refractivity contribution is 5.94. The Labute approximate surface area is 96.1 Å². The van der Waals surface area contributed by atoms with Crippen LogP contribution >= 0.6 is 0 Å². The van der Waals surface area contributed by atoms with Crippen LogP contribution in [0, 0.1) is 12.3 Å². The summed E-state index contributed by atoms with van der Waals surface area (Å²) in [5.74, 6) is 2.80. The van der Waals surface area contributed by atoms with E-state index in [0.717, 1.165) is 18.4 Å². The molecule has 16 heavy (non-hydrogen) atoms. The van der Waals surface area contributed by atoms with Crippen molar-refractivity contribution in [1.29, 1.82) is 0 Å². The quantitative estimate of drug-likeness (QED) is 0.765. The number of hydrogen-bond acceptors (Lipinski definition) is 1. The van der Waals surface area contributed by atoms with Crippen LogP contribution in [0.5, 0.6) is 0 Å². The number of hydrogen-bond donors (Lipinski definition) is 1. The zero-order valence-corrected chi connectivity index (χ0v) is 9.42. The highest BCUT2D eigenvalue weighted by Gasteiger charge is 2.42. The molecule has 1 aromatic carbocycles. The van der Waals surface area contributed by atoms with Gasteiger partial charge >= 0.3 is 0 Å². The Kier molecular flexibility index (Phi) is 2.70. The fraction of sp³-hybridized carbons (Fsp3) is 0.357. The van der Waals surface area contributed by atoms with Gasteiger partial charge in [0.2, 0.25) is 0 Å². The van der Waals surface area contributed by atoms with Gasteiger partial charge in [0, 0.05) is 12.1 Å². The van der Waals surface area contributed by atoms with Crippen LogP contribution in [0.2, 0.25) is 0 Å². The first-order valence-electron chi connectivity index (χ1n) is 5.58. The van der Waals surface area contributed by atoms with E-state index < -0.39 is 0 Å². The first-order valence-corrected chi connectivity index (χ1v) is 5.58. The third kappa shape index (κ3) is 1.81. The predicted molar refractivity (Wildman–Crippen MR) is 64.2 cm³/mol. The molecule has 0 radical (unpaired) electrons. The van der Waals surface area contributed by atoms with Gasteiger partial charge in [0.1, 0.15) is 0 Å². The van der Waals surface area contributed by atoms with Gasteiger partial charge in [-0.05, 0) is 37.5 Å². The van der Waals surface area contributed by atoms with Gasteiger partial charge in [-0.3, -0.25) is 4.79 Å². The lowest BCUT2D eigenvalue weighted by atomic mass is 9.95. The summed E-state index contributed by atoms with van der Waals surface area (Å²) in [5, 5.41) is 2.79. The molecule has 0 saturated heterocycles. The van der Waals surface area contributed by atoms with E-state index in [9.17, 15) is 4.79 Å². The molecule has 0 unspecified atom stereocenters. The van der Waals surface area contributed by atoms with Gasteiger partial charge in [-0.1, -0.05) is 18.1 Å². The van der Waals surface area contributed by atoms with Gasteiger partial charge in [-0.25, -0.2) is 0 Å². The molecule has 1 aliphatic rings. The van der Waals surface area contributed by atoms with Crippen LogP contribution in [-0.2, 0) is 5.41 Å². The van der Waals surface area contributed by atoms with Crippen LogP contribution in [0.25, 0.3) is 0 Å². The lowest BCUT2D eigenvalue weighted by Crippen LogP contribution is -2.23. The van der Waals surface area contributed by atoms with E-state index in [1.54, 1.807) is 0 Å². The summed E-state index contributed by atoms with van der Waals surface area (Å²) in [4.78, 5) is 11.7. The Bertz CT molecular complexity index is 452. The Morgan fingerprint density at radius 1 is 1.56 bits per heavy atom. The molecule has 82 valence electrons. The molecule has 0 aromatic heterocycles. The van der Waals surface area contributed by atoms with Gasteiger partial charge in [0.15, 0.2) is 0 Å². The maximum atomic E-state index is 11.7. The summed E-state index contributed by atoms with van der Waals surface area (Å²) in [6.07, 6.45) is 7.60. The number of carbonyl (C=O) groups excluding carboxylic acids is 1. The second kappa shape index (κ2) is 4.02. The molecule has 2 nitrogen and oxygen atoms in total. The van der Waals surface area contributed by atoms with E-state index in [1.165, 1.54) is 0 Å². The largest absolute Gasteiger partial charge is 0.352 e. The second-order valence-corrected chi connectivity index (χ2v) is 4.17. The topological polar surface area (TPSA) is 29.1 Å². The first-order chi connectivity index (χ1) is 7.72. The number of rotatable bonds is 3. The summed E-state index contributed by atoms with van der Waals surface area (Å²) < 4.78 is 0. The fourth-order valence-electron chi connectivity index (χ4n) is 1.86. The van der Waals surface area contributed by atoms with E-state index in [-0.39, 0.29) is 11.3 Å². The third-order valence-corrected chi connectivity index (χ3v) is 3.04. The molecule has 0 bridgehead atoms. The molecular weight excluding hydrogens is 198 g/mol. The summed E-state index contributed by atoms with van der Waals surface area (Å²) in [6, 6.07) is 7.64. The minimum Gasteiger partial charge on any atom is -0.352 e. The van der Waals surface area contributed by atoms with E-state index in [0.29, 0.717) is 12.1 Å². The molecule has 1 saturated carbocycles. The molecule has 1 amide bonds. The smallest absolute Gasteiger partial charge is 0.251 e. The molecule has 1 aromatic rings. The third-order valence-electron chi connectivity index (χ3n) is 3.04. The van der Waals surface area contributed by atoms with Crippen LogP contribution in [0.1, 0.15) is 35.7 Å². The van der Waals surface area contributed by atoms with Crippen molar-refractivity contribution in [2.24, 2.45) is 0 Å². The van der Waals surface area contributed by atoms with Crippen LogP contribution in [-0.4, -0.2) is 12.5 Å². The van der Waals surface area contributed by atoms with Crippen LogP contribution < -0.4 is 5.32 Å². The van der Waals surface area contributed by atoms with Crippen LogP contribution in [0.3, 0.4) is 0 Å². The molecule has 1 fully saturated rings. The molecule has 2 rings (SSSR count). The molecule has 0 heterocycles. The van der Waals surface area contributed by atoms with Crippen LogP contribution in [0.15, 0.2) is 24.3 Å². The average Bonchev–Trinajstić information content (AvgIpc) is 3.10. The molecule has 2 heteroatoms. The molecule has 1 N–H and O–H groups in total. The van der Waals surface area contributed by atoms with Gasteiger partial charge in [-0.15, -0.1) is 6.42 Å². The number of terminal acetylenes is 1. The van der Waals surface area contributed by atoms with Crippen molar-refractivity contribution in [3.05, 3.63) is 35.4 Å². The van der Waals surface area contributed by atoms with E-state index in [2.05, 4.69) is 11.2 Å². The molecule has 0 aliphatic heterocycles. The van der Waals surface area contributed by atoms with Crippen molar-refractivity contribution < 1.29 is 4.79 Å². The molecule has 0 atom stereocenters. The molecule has 1 aliphatic carbocycles. The Morgan fingerprint density at radius 2 is 2.31 bits per heavy atom. The Hall–Kier alpha value is -1.75. The lowest BCUT2D eigenvalue weighted by molar-refractivity contribution is 0.0955. The monoisotopic (exact) mass is 213 g/mol. The van der Waals surface area contributed by atoms with E-state index >= 15 is 0 Å². The first kappa shape index (κ1) is 10.8. The van der Waals surface area contributed by atoms with Gasteiger partial charge in [-0.2, -0.15) is 0 Å². The number of nitrogens with one attached hydrogen (secondary N) is 1. The van der Waals surface area contributed by atoms with Crippen molar-refractivity contribution in [3.8, 4) is 12.3 Å². The highest BCUT2D eigenvalue weighted by Crippen LogP contribution is 2.47. The van der Waals surface area contributed by atoms with Gasteiger partial charge in [0.25, 0.3) is 5.91 Å². The number of benzene rings is 1. The maximum absolute atomic E-state index is 11.7. The maximum Gasteiger partial charge on any atom is 0.251 e. The minimum absolute atomic E-state index is 0.0304. The summed E-state index contributed by atoms with van der Waals surface area (Å²) in [5.41, 5.74) is 1.70. The second-order valence-electron chi connectivity index (χ2n) is 4.17. The van der Waals surface area contributed by atoms with Gasteiger partial charge in [0.05, 0.1) is 5.41 Å². The van der Waals surface area contributed by atoms with Crippen molar-refractivity contribution in [3.63, 3.8) is 0 Å². The Balaban J connectivity index is 2.28. The van der Waals surface area contributed by atoms with Crippen molar-refractivity contribution in [2.75, 3.05) is 6.54 Å². The standard InChI is InChI=1S/C14H15NO/c1-3-14(8-9-14)12-7-5-6-11(10-12)13(16)15-4-2/h1,5-7,10H,4,8-9H2,2H3,(H,15,16). The van der Waals surface area contributed by atoms with E-state index in [1.807, 2.05) is 31.2 Å². The Morgan fingerprint density at radius 3 is 2.88 bits per heavy atom.